The largest absolute Gasteiger partial charge is 0.356 e. The number of aromatic nitrogens is 4. The van der Waals surface area contributed by atoms with Crippen LogP contribution in [0.4, 0.5) is 0 Å². The summed E-state index contributed by atoms with van der Waals surface area (Å²) in [5.74, 6) is 2.65. The van der Waals surface area contributed by atoms with Crippen LogP contribution in [0.3, 0.4) is 0 Å². The average Bonchev–Trinajstić information content (AvgIpc) is 3.15. The molecule has 0 bridgehead atoms. The Morgan fingerprint density at radius 3 is 2.59 bits per heavy atom. The van der Waals surface area contributed by atoms with E-state index in [1.165, 1.54) is 42.0 Å². The molecule has 0 amide bonds. The monoisotopic (exact) mass is 389 g/mol. The Hall–Kier alpha value is -1.96. The Balaban J connectivity index is 1.60. The number of thiazole rings is 1. The lowest BCUT2D eigenvalue weighted by atomic mass is 9.96. The van der Waals surface area contributed by atoms with Crippen LogP contribution in [0.5, 0.6) is 0 Å². The van der Waals surface area contributed by atoms with Crippen LogP contribution >= 0.6 is 11.3 Å². The van der Waals surface area contributed by atoms with Crippen molar-refractivity contribution in [3.63, 3.8) is 0 Å². The second-order valence-electron chi connectivity index (χ2n) is 7.29. The molecule has 148 valence electrons. The van der Waals surface area contributed by atoms with Crippen LogP contribution < -0.4 is 10.6 Å². The van der Waals surface area contributed by atoms with Crippen LogP contribution in [-0.4, -0.2) is 38.3 Å². The van der Waals surface area contributed by atoms with Crippen molar-refractivity contribution in [1.82, 2.24) is 30.4 Å². The van der Waals surface area contributed by atoms with E-state index in [-0.39, 0.29) is 0 Å². The Bertz CT molecular complexity index is 752. The maximum absolute atomic E-state index is 4.77. The highest BCUT2D eigenvalue weighted by Gasteiger charge is 2.15. The molecule has 1 fully saturated rings. The van der Waals surface area contributed by atoms with Crippen molar-refractivity contribution in [2.45, 2.75) is 71.9 Å². The fraction of sp³-hybridized carbons (Fsp3) is 0.684. The van der Waals surface area contributed by atoms with E-state index in [9.17, 15) is 0 Å². The van der Waals surface area contributed by atoms with Gasteiger partial charge in [0.05, 0.1) is 10.7 Å². The normalized spacial score (nSPS) is 15.9. The highest BCUT2D eigenvalue weighted by atomic mass is 32.1. The first-order valence-electron chi connectivity index (χ1n) is 9.85. The van der Waals surface area contributed by atoms with Crippen LogP contribution in [0.2, 0.25) is 0 Å². The standard InChI is InChI=1S/C19H31N7S/c1-13-14(2)27-18(22-13)10-11-20-19(23-16-8-6-5-7-9-16)21-12-17-25-24-15(3)26(17)4/h16H,5-12H2,1-4H3,(H2,20,21,23). The first kappa shape index (κ1) is 19.8. The van der Waals surface area contributed by atoms with Gasteiger partial charge in [0.1, 0.15) is 12.4 Å². The predicted octanol–water partition coefficient (Wildman–Crippen LogP) is 2.81. The average molecular weight is 390 g/mol. The van der Waals surface area contributed by atoms with Crippen molar-refractivity contribution in [2.24, 2.45) is 12.0 Å². The Kier molecular flexibility index (Phi) is 6.82. The van der Waals surface area contributed by atoms with E-state index in [1.807, 2.05) is 18.5 Å². The summed E-state index contributed by atoms with van der Waals surface area (Å²) in [6.45, 7) is 7.50. The topological polar surface area (TPSA) is 80.0 Å². The Morgan fingerprint density at radius 1 is 1.19 bits per heavy atom. The summed E-state index contributed by atoms with van der Waals surface area (Å²) in [4.78, 5) is 10.7. The van der Waals surface area contributed by atoms with Gasteiger partial charge in [0, 0.05) is 30.9 Å². The summed E-state index contributed by atoms with van der Waals surface area (Å²) >= 11 is 1.78. The van der Waals surface area contributed by atoms with Crippen molar-refractivity contribution in [2.75, 3.05) is 6.54 Å². The fourth-order valence-electron chi connectivity index (χ4n) is 3.27. The molecule has 0 aromatic carbocycles. The van der Waals surface area contributed by atoms with E-state index >= 15 is 0 Å². The van der Waals surface area contributed by atoms with Gasteiger partial charge in [0.25, 0.3) is 0 Å². The molecule has 1 aliphatic rings. The predicted molar refractivity (Wildman–Crippen MR) is 110 cm³/mol. The maximum Gasteiger partial charge on any atom is 0.191 e. The van der Waals surface area contributed by atoms with Gasteiger partial charge in [0.2, 0.25) is 0 Å². The molecule has 2 N–H and O–H groups in total. The number of hydrogen-bond donors (Lipinski definition) is 2. The van der Waals surface area contributed by atoms with Crippen LogP contribution in [0, 0.1) is 20.8 Å². The van der Waals surface area contributed by atoms with E-state index in [1.54, 1.807) is 11.3 Å². The summed E-state index contributed by atoms with van der Waals surface area (Å²) in [7, 11) is 1.98. The minimum absolute atomic E-state index is 0.510. The molecule has 0 saturated heterocycles. The third-order valence-electron chi connectivity index (χ3n) is 5.21. The molecule has 0 unspecified atom stereocenters. The molecule has 1 saturated carbocycles. The minimum Gasteiger partial charge on any atom is -0.356 e. The molecular weight excluding hydrogens is 358 g/mol. The second-order valence-corrected chi connectivity index (χ2v) is 8.58. The first-order chi connectivity index (χ1) is 13.0. The quantitative estimate of drug-likeness (QED) is 0.587. The number of hydrogen-bond acceptors (Lipinski definition) is 5. The molecule has 27 heavy (non-hydrogen) atoms. The van der Waals surface area contributed by atoms with Crippen molar-refractivity contribution in [1.29, 1.82) is 0 Å². The number of rotatable bonds is 6. The number of aryl methyl sites for hydroxylation is 3. The van der Waals surface area contributed by atoms with Crippen molar-refractivity contribution in [3.8, 4) is 0 Å². The summed E-state index contributed by atoms with van der Waals surface area (Å²) in [6.07, 6.45) is 7.28. The van der Waals surface area contributed by atoms with Crippen molar-refractivity contribution >= 4 is 17.3 Å². The highest BCUT2D eigenvalue weighted by molar-refractivity contribution is 7.11. The minimum atomic E-state index is 0.510. The first-order valence-corrected chi connectivity index (χ1v) is 10.7. The Labute approximate surface area is 165 Å². The molecule has 7 nitrogen and oxygen atoms in total. The SMILES string of the molecule is Cc1nc(CCNC(=NCc2nnc(C)n2C)NC2CCCCC2)sc1C. The van der Waals surface area contributed by atoms with Crippen LogP contribution in [-0.2, 0) is 20.0 Å². The van der Waals surface area contributed by atoms with Crippen molar-refractivity contribution < 1.29 is 0 Å². The molecular formula is C19H31N7S. The summed E-state index contributed by atoms with van der Waals surface area (Å²) in [5, 5.41) is 16.6. The van der Waals surface area contributed by atoms with E-state index in [2.05, 4.69) is 39.7 Å². The van der Waals surface area contributed by atoms with Crippen LogP contribution in [0.15, 0.2) is 4.99 Å². The molecule has 0 atom stereocenters. The van der Waals surface area contributed by atoms with Gasteiger partial charge in [-0.15, -0.1) is 21.5 Å². The number of nitrogens with one attached hydrogen (secondary N) is 2. The third kappa shape index (κ3) is 5.51. The highest BCUT2D eigenvalue weighted by Crippen LogP contribution is 2.18. The summed E-state index contributed by atoms with van der Waals surface area (Å²) in [5.41, 5.74) is 1.14. The summed E-state index contributed by atoms with van der Waals surface area (Å²) in [6, 6.07) is 0.510. The lowest BCUT2D eigenvalue weighted by Gasteiger charge is -2.25. The van der Waals surface area contributed by atoms with E-state index < -0.39 is 0 Å². The molecule has 1 aliphatic carbocycles. The van der Waals surface area contributed by atoms with E-state index in [0.29, 0.717) is 12.6 Å². The molecule has 2 aromatic heterocycles. The lowest BCUT2D eigenvalue weighted by Crippen LogP contribution is -2.44. The molecule has 8 heteroatoms. The zero-order valence-corrected chi connectivity index (χ0v) is 17.7. The van der Waals surface area contributed by atoms with Gasteiger partial charge in [-0.1, -0.05) is 19.3 Å². The Morgan fingerprint density at radius 2 is 1.96 bits per heavy atom. The zero-order valence-electron chi connectivity index (χ0n) is 16.9. The van der Waals surface area contributed by atoms with Gasteiger partial charge in [-0.3, -0.25) is 0 Å². The van der Waals surface area contributed by atoms with Gasteiger partial charge in [-0.2, -0.15) is 0 Å². The van der Waals surface area contributed by atoms with E-state index in [0.717, 1.165) is 36.3 Å². The maximum atomic E-state index is 4.77. The van der Waals surface area contributed by atoms with Gasteiger partial charge in [-0.25, -0.2) is 9.98 Å². The smallest absolute Gasteiger partial charge is 0.191 e. The number of aliphatic imine (C=N–C) groups is 1. The molecule has 3 rings (SSSR count). The van der Waals surface area contributed by atoms with Crippen LogP contribution in [0.1, 0.15) is 59.3 Å². The second kappa shape index (κ2) is 9.30. The van der Waals surface area contributed by atoms with Gasteiger partial charge >= 0.3 is 0 Å². The molecule has 2 heterocycles. The lowest BCUT2D eigenvalue weighted by molar-refractivity contribution is 0.409. The van der Waals surface area contributed by atoms with Gasteiger partial charge < -0.3 is 15.2 Å². The molecule has 2 aromatic rings. The molecule has 0 radical (unpaired) electrons. The fourth-order valence-corrected chi connectivity index (χ4v) is 4.20. The molecule has 0 aliphatic heterocycles. The van der Waals surface area contributed by atoms with E-state index in [4.69, 9.17) is 4.99 Å². The molecule has 0 spiro atoms. The van der Waals surface area contributed by atoms with Crippen LogP contribution in [0.25, 0.3) is 0 Å². The number of nitrogens with zero attached hydrogens (tertiary/aromatic N) is 5. The number of guanidine groups is 1. The van der Waals surface area contributed by atoms with Gasteiger partial charge in [0.15, 0.2) is 11.8 Å². The van der Waals surface area contributed by atoms with Crippen molar-refractivity contribution in [3.05, 3.63) is 27.2 Å². The zero-order chi connectivity index (χ0) is 19.2. The third-order valence-corrected chi connectivity index (χ3v) is 6.34. The van der Waals surface area contributed by atoms with Gasteiger partial charge in [-0.05, 0) is 33.6 Å². The summed E-state index contributed by atoms with van der Waals surface area (Å²) < 4.78 is 1.99.